The summed E-state index contributed by atoms with van der Waals surface area (Å²) < 4.78 is 137. The number of hydrogen-bond donors (Lipinski definition) is 0. The van der Waals surface area contributed by atoms with Crippen LogP contribution >= 0.6 is 0 Å². The summed E-state index contributed by atoms with van der Waals surface area (Å²) in [5.41, 5.74) is -2.17. The van der Waals surface area contributed by atoms with E-state index in [9.17, 15) is 39.5 Å². The molecule has 3 aromatic rings. The highest BCUT2D eigenvalue weighted by atomic mass is 19.3. The van der Waals surface area contributed by atoms with Crippen molar-refractivity contribution in [1.29, 1.82) is 0 Å². The van der Waals surface area contributed by atoms with Gasteiger partial charge in [-0.3, -0.25) is 0 Å². The molecule has 0 atom stereocenters. The van der Waals surface area contributed by atoms with Crippen LogP contribution in [0.5, 0.6) is 11.5 Å². The zero-order valence-electron chi connectivity index (χ0n) is 21.2. The summed E-state index contributed by atoms with van der Waals surface area (Å²) in [5.74, 6) is -9.91. The van der Waals surface area contributed by atoms with E-state index in [1.807, 2.05) is 6.92 Å². The number of hydrogen-bond acceptors (Lipinski definition) is 2. The molecule has 216 valence electrons. The van der Waals surface area contributed by atoms with Gasteiger partial charge in [0.1, 0.15) is 28.7 Å². The summed E-state index contributed by atoms with van der Waals surface area (Å²) in [6, 6.07) is 4.87. The SMILES string of the molecule is CCCC1CCC(C(F)(F)Oc2ccc(C(F)(F)Oc3ccc(-c4cc(F)c(F)c(F)c4)c(F)c3)c(F)c2)CC1. The predicted molar refractivity (Wildman–Crippen MR) is 129 cm³/mol. The molecule has 1 aliphatic carbocycles. The number of rotatable bonds is 9. The standard InChI is InChI=1S/C29H25F9O2/c1-2-3-16-4-6-18(7-5-16)28(35,36)39-20-9-11-22(24(31)15-20)29(37,38)40-19-8-10-21(23(30)14-19)17-12-25(32)27(34)26(33)13-17/h8-16,18H,2-7H2,1H3. The molecule has 0 unspecified atom stereocenters. The molecule has 0 aromatic heterocycles. The van der Waals surface area contributed by atoms with Gasteiger partial charge in [-0.25, -0.2) is 22.0 Å². The van der Waals surface area contributed by atoms with Crippen LogP contribution in [0.25, 0.3) is 11.1 Å². The number of ether oxygens (including phenoxy) is 2. The summed E-state index contributed by atoms with van der Waals surface area (Å²) in [7, 11) is 0. The summed E-state index contributed by atoms with van der Waals surface area (Å²) in [5, 5.41) is 0. The van der Waals surface area contributed by atoms with Crippen LogP contribution in [0.1, 0.15) is 51.0 Å². The van der Waals surface area contributed by atoms with Crippen molar-refractivity contribution >= 4 is 0 Å². The van der Waals surface area contributed by atoms with Crippen molar-refractivity contribution in [2.75, 3.05) is 0 Å². The Hall–Kier alpha value is -3.37. The van der Waals surface area contributed by atoms with Gasteiger partial charge < -0.3 is 9.47 Å². The summed E-state index contributed by atoms with van der Waals surface area (Å²) in [4.78, 5) is 0. The van der Waals surface area contributed by atoms with E-state index in [1.54, 1.807) is 0 Å². The molecule has 11 heteroatoms. The highest BCUT2D eigenvalue weighted by Crippen LogP contribution is 2.42. The molecule has 0 radical (unpaired) electrons. The van der Waals surface area contributed by atoms with Crippen molar-refractivity contribution < 1.29 is 49.0 Å². The van der Waals surface area contributed by atoms with Gasteiger partial charge in [0.05, 0.1) is 5.92 Å². The molecule has 0 amide bonds. The maximum absolute atomic E-state index is 14.8. The Morgan fingerprint density at radius 1 is 0.700 bits per heavy atom. The molecular formula is C29H25F9O2. The summed E-state index contributed by atoms with van der Waals surface area (Å²) in [6.07, 6.45) is -4.39. The number of alkyl halides is 4. The molecule has 0 bridgehead atoms. The molecule has 1 aliphatic rings. The molecule has 0 aliphatic heterocycles. The first-order valence-electron chi connectivity index (χ1n) is 12.7. The zero-order chi connectivity index (χ0) is 29.2. The van der Waals surface area contributed by atoms with Gasteiger partial charge in [-0.2, -0.15) is 17.6 Å². The minimum atomic E-state index is -4.37. The first-order valence-corrected chi connectivity index (χ1v) is 12.7. The quantitative estimate of drug-likeness (QED) is 0.187. The molecule has 0 spiro atoms. The second-order valence-corrected chi connectivity index (χ2v) is 9.83. The van der Waals surface area contributed by atoms with Crippen LogP contribution in [0.3, 0.4) is 0 Å². The van der Waals surface area contributed by atoms with Gasteiger partial charge in [0, 0.05) is 17.7 Å². The molecular weight excluding hydrogens is 551 g/mol. The van der Waals surface area contributed by atoms with Gasteiger partial charge in [-0.05, 0) is 73.6 Å². The Morgan fingerprint density at radius 3 is 1.85 bits per heavy atom. The average molecular weight is 576 g/mol. The normalized spacial score (nSPS) is 18.1. The van der Waals surface area contributed by atoms with E-state index < -0.39 is 75.4 Å². The molecule has 2 nitrogen and oxygen atoms in total. The fourth-order valence-corrected chi connectivity index (χ4v) is 4.94. The minimum absolute atomic E-state index is 0.227. The lowest BCUT2D eigenvalue weighted by atomic mass is 9.79. The molecule has 0 N–H and O–H groups in total. The summed E-state index contributed by atoms with van der Waals surface area (Å²) in [6.45, 7) is 2.02. The van der Waals surface area contributed by atoms with E-state index in [2.05, 4.69) is 4.74 Å². The Bertz CT molecular complexity index is 1330. The van der Waals surface area contributed by atoms with Gasteiger partial charge in [-0.1, -0.05) is 19.8 Å². The third kappa shape index (κ3) is 6.50. The van der Waals surface area contributed by atoms with Crippen LogP contribution in [-0.4, -0.2) is 6.11 Å². The second-order valence-electron chi connectivity index (χ2n) is 9.83. The van der Waals surface area contributed by atoms with E-state index in [-0.39, 0.29) is 12.8 Å². The van der Waals surface area contributed by atoms with Gasteiger partial charge in [0.2, 0.25) is 0 Å². The van der Waals surface area contributed by atoms with Gasteiger partial charge in [-0.15, -0.1) is 0 Å². The van der Waals surface area contributed by atoms with Crippen LogP contribution in [-0.2, 0) is 6.11 Å². The first-order chi connectivity index (χ1) is 18.8. The highest BCUT2D eigenvalue weighted by Gasteiger charge is 2.44. The number of benzene rings is 3. The van der Waals surface area contributed by atoms with Crippen LogP contribution in [0.4, 0.5) is 39.5 Å². The van der Waals surface area contributed by atoms with Crippen molar-refractivity contribution in [3.05, 3.63) is 83.2 Å². The van der Waals surface area contributed by atoms with Crippen LogP contribution < -0.4 is 9.47 Å². The van der Waals surface area contributed by atoms with Crippen molar-refractivity contribution in [2.45, 2.75) is 57.7 Å². The molecule has 40 heavy (non-hydrogen) atoms. The third-order valence-electron chi connectivity index (χ3n) is 7.01. The molecule has 1 fully saturated rings. The Morgan fingerprint density at radius 2 is 1.27 bits per heavy atom. The fourth-order valence-electron chi connectivity index (χ4n) is 4.94. The topological polar surface area (TPSA) is 18.5 Å². The molecule has 1 saturated carbocycles. The summed E-state index contributed by atoms with van der Waals surface area (Å²) >= 11 is 0. The van der Waals surface area contributed by atoms with Crippen molar-refractivity contribution in [2.24, 2.45) is 11.8 Å². The smallest absolute Gasteiger partial charge is 0.429 e. The minimum Gasteiger partial charge on any atom is -0.432 e. The van der Waals surface area contributed by atoms with Crippen LogP contribution in [0, 0.1) is 40.9 Å². The van der Waals surface area contributed by atoms with E-state index in [1.165, 1.54) is 0 Å². The van der Waals surface area contributed by atoms with Crippen LogP contribution in [0.2, 0.25) is 0 Å². The first kappa shape index (κ1) is 29.6. The Kier molecular flexibility index (Phi) is 8.60. The molecule has 0 saturated heterocycles. The molecule has 3 aromatic carbocycles. The Labute approximate surface area is 224 Å². The number of halogens is 9. The largest absolute Gasteiger partial charge is 0.432 e. The van der Waals surface area contributed by atoms with Crippen LogP contribution in [0.15, 0.2) is 48.5 Å². The van der Waals surface area contributed by atoms with E-state index in [0.717, 1.165) is 31.0 Å². The zero-order valence-corrected chi connectivity index (χ0v) is 21.2. The molecule has 4 rings (SSSR count). The van der Waals surface area contributed by atoms with Crippen molar-refractivity contribution in [3.63, 3.8) is 0 Å². The lowest BCUT2D eigenvalue weighted by Gasteiger charge is -2.33. The van der Waals surface area contributed by atoms with Gasteiger partial charge in [0.15, 0.2) is 17.5 Å². The van der Waals surface area contributed by atoms with Gasteiger partial charge >= 0.3 is 12.2 Å². The lowest BCUT2D eigenvalue weighted by Crippen LogP contribution is -2.37. The Balaban J connectivity index is 1.46. The monoisotopic (exact) mass is 576 g/mol. The fraction of sp³-hybridized carbons (Fsp3) is 0.379. The highest BCUT2D eigenvalue weighted by molar-refractivity contribution is 5.65. The van der Waals surface area contributed by atoms with E-state index in [0.29, 0.717) is 49.1 Å². The van der Waals surface area contributed by atoms with E-state index in [4.69, 9.17) is 4.74 Å². The average Bonchev–Trinajstić information content (AvgIpc) is 2.87. The predicted octanol–water partition coefficient (Wildman–Crippen LogP) is 9.76. The maximum atomic E-state index is 14.8. The second kappa shape index (κ2) is 11.6. The van der Waals surface area contributed by atoms with Crippen molar-refractivity contribution in [3.8, 4) is 22.6 Å². The van der Waals surface area contributed by atoms with Gasteiger partial charge in [0.25, 0.3) is 0 Å². The third-order valence-corrected chi connectivity index (χ3v) is 7.01. The maximum Gasteiger partial charge on any atom is 0.429 e. The van der Waals surface area contributed by atoms with E-state index >= 15 is 0 Å². The lowest BCUT2D eigenvalue weighted by molar-refractivity contribution is -0.223. The molecule has 0 heterocycles. The van der Waals surface area contributed by atoms with Crippen molar-refractivity contribution in [1.82, 2.24) is 0 Å².